The van der Waals surface area contributed by atoms with E-state index < -0.39 is 0 Å². The molecule has 0 amide bonds. The standard InChI is InChI=1S/C20H27N3/c1-2-3-14-23-15-8-7-11-19(23)17-12-13-20(21-16-17)22-18-9-5-4-6-10-18/h4-6,9-10,12-13,16,19H,2-3,7-8,11,14-15H2,1H3,(H,21,22)/t19-/m1/s1. The van der Waals surface area contributed by atoms with E-state index in [-0.39, 0.29) is 0 Å². The largest absolute Gasteiger partial charge is 0.340 e. The summed E-state index contributed by atoms with van der Waals surface area (Å²) in [6.07, 6.45) is 8.54. The lowest BCUT2D eigenvalue weighted by molar-refractivity contribution is 0.146. The van der Waals surface area contributed by atoms with Gasteiger partial charge in [0.25, 0.3) is 0 Å². The summed E-state index contributed by atoms with van der Waals surface area (Å²) in [5.74, 6) is 0.913. The van der Waals surface area contributed by atoms with Gasteiger partial charge in [0.15, 0.2) is 0 Å². The van der Waals surface area contributed by atoms with Gasteiger partial charge in [0, 0.05) is 17.9 Å². The average Bonchev–Trinajstić information content (AvgIpc) is 2.62. The molecule has 1 N–H and O–H groups in total. The van der Waals surface area contributed by atoms with Gasteiger partial charge in [-0.25, -0.2) is 4.98 Å². The van der Waals surface area contributed by atoms with E-state index in [4.69, 9.17) is 0 Å². The highest BCUT2D eigenvalue weighted by Gasteiger charge is 2.23. The maximum atomic E-state index is 4.63. The zero-order chi connectivity index (χ0) is 15.9. The zero-order valence-electron chi connectivity index (χ0n) is 14.0. The van der Waals surface area contributed by atoms with Crippen LogP contribution in [-0.2, 0) is 0 Å². The predicted octanol–water partition coefficient (Wildman–Crippen LogP) is 5.15. The van der Waals surface area contributed by atoms with Gasteiger partial charge in [-0.3, -0.25) is 4.90 Å². The number of anilines is 2. The Morgan fingerprint density at radius 1 is 1.13 bits per heavy atom. The van der Waals surface area contributed by atoms with Gasteiger partial charge in [-0.2, -0.15) is 0 Å². The molecule has 0 bridgehead atoms. The van der Waals surface area contributed by atoms with E-state index in [1.54, 1.807) is 0 Å². The van der Waals surface area contributed by atoms with Crippen LogP contribution in [0.4, 0.5) is 11.5 Å². The van der Waals surface area contributed by atoms with E-state index in [0.29, 0.717) is 6.04 Å². The number of nitrogens with zero attached hydrogens (tertiary/aromatic N) is 2. The third kappa shape index (κ3) is 4.32. The van der Waals surface area contributed by atoms with Gasteiger partial charge in [-0.15, -0.1) is 0 Å². The van der Waals surface area contributed by atoms with Crippen LogP contribution in [0, 0.1) is 0 Å². The molecule has 1 aliphatic rings. The van der Waals surface area contributed by atoms with Crippen LogP contribution in [0.5, 0.6) is 0 Å². The molecule has 1 fully saturated rings. The van der Waals surface area contributed by atoms with Crippen molar-refractivity contribution < 1.29 is 0 Å². The summed E-state index contributed by atoms with van der Waals surface area (Å²) in [6.45, 7) is 4.71. The van der Waals surface area contributed by atoms with Gasteiger partial charge >= 0.3 is 0 Å². The highest BCUT2D eigenvalue weighted by molar-refractivity contribution is 5.55. The summed E-state index contributed by atoms with van der Waals surface area (Å²) >= 11 is 0. The van der Waals surface area contributed by atoms with Crippen molar-refractivity contribution in [1.82, 2.24) is 9.88 Å². The van der Waals surface area contributed by atoms with Crippen molar-refractivity contribution in [3.05, 3.63) is 54.2 Å². The van der Waals surface area contributed by atoms with Gasteiger partial charge < -0.3 is 5.32 Å². The predicted molar refractivity (Wildman–Crippen MR) is 97.0 cm³/mol. The van der Waals surface area contributed by atoms with Crippen LogP contribution in [0.25, 0.3) is 0 Å². The molecule has 1 saturated heterocycles. The molecule has 0 saturated carbocycles. The summed E-state index contributed by atoms with van der Waals surface area (Å²) < 4.78 is 0. The lowest BCUT2D eigenvalue weighted by Crippen LogP contribution is -2.34. The van der Waals surface area contributed by atoms with Gasteiger partial charge in [0.2, 0.25) is 0 Å². The Labute approximate surface area is 139 Å². The van der Waals surface area contributed by atoms with Crippen molar-refractivity contribution in [3.8, 4) is 0 Å². The highest BCUT2D eigenvalue weighted by atomic mass is 15.2. The maximum Gasteiger partial charge on any atom is 0.130 e. The van der Waals surface area contributed by atoms with E-state index >= 15 is 0 Å². The van der Waals surface area contributed by atoms with Crippen molar-refractivity contribution in [1.29, 1.82) is 0 Å². The van der Waals surface area contributed by atoms with E-state index in [0.717, 1.165) is 11.5 Å². The Bertz CT molecular complexity index is 580. The normalized spacial score (nSPS) is 18.7. The first-order chi connectivity index (χ1) is 11.4. The monoisotopic (exact) mass is 309 g/mol. The number of likely N-dealkylation sites (tertiary alicyclic amines) is 1. The number of hydrogen-bond acceptors (Lipinski definition) is 3. The molecule has 2 aromatic rings. The summed E-state index contributed by atoms with van der Waals surface area (Å²) in [6, 6.07) is 15.1. The van der Waals surface area contributed by atoms with E-state index in [9.17, 15) is 0 Å². The van der Waals surface area contributed by atoms with Crippen LogP contribution in [-0.4, -0.2) is 23.0 Å². The van der Waals surface area contributed by atoms with Crippen LogP contribution >= 0.6 is 0 Å². The molecule has 1 atom stereocenters. The molecule has 0 unspecified atom stereocenters. The third-order valence-electron chi connectivity index (χ3n) is 4.63. The number of aromatic nitrogens is 1. The van der Waals surface area contributed by atoms with Gasteiger partial charge in [-0.1, -0.05) is 44.0 Å². The molecule has 0 radical (unpaired) electrons. The number of pyridine rings is 1. The van der Waals surface area contributed by atoms with Crippen LogP contribution < -0.4 is 5.32 Å². The molecule has 3 heteroatoms. The van der Waals surface area contributed by atoms with Crippen molar-refractivity contribution in [2.45, 2.75) is 45.1 Å². The van der Waals surface area contributed by atoms with Crippen LogP contribution in [0.3, 0.4) is 0 Å². The minimum Gasteiger partial charge on any atom is -0.340 e. The molecule has 3 rings (SSSR count). The molecule has 1 aromatic heterocycles. The maximum absolute atomic E-state index is 4.63. The molecule has 2 heterocycles. The second kappa shape index (κ2) is 8.11. The molecule has 0 aliphatic carbocycles. The lowest BCUT2D eigenvalue weighted by Gasteiger charge is -2.36. The van der Waals surface area contributed by atoms with E-state index in [1.165, 1.54) is 50.8 Å². The number of piperidine rings is 1. The first-order valence-electron chi connectivity index (χ1n) is 8.89. The Kier molecular flexibility index (Phi) is 5.65. The second-order valence-corrected chi connectivity index (χ2v) is 6.37. The van der Waals surface area contributed by atoms with Crippen LogP contribution in [0.15, 0.2) is 48.7 Å². The number of hydrogen-bond donors (Lipinski definition) is 1. The zero-order valence-corrected chi connectivity index (χ0v) is 14.0. The second-order valence-electron chi connectivity index (χ2n) is 6.37. The van der Waals surface area contributed by atoms with Crippen molar-refractivity contribution in [2.24, 2.45) is 0 Å². The van der Waals surface area contributed by atoms with Crippen LogP contribution in [0.1, 0.15) is 50.6 Å². The summed E-state index contributed by atoms with van der Waals surface area (Å²) in [5.41, 5.74) is 2.44. The fraction of sp³-hybridized carbons (Fsp3) is 0.450. The molecule has 122 valence electrons. The fourth-order valence-electron chi connectivity index (χ4n) is 3.34. The number of unbranched alkanes of at least 4 members (excludes halogenated alkanes) is 1. The quantitative estimate of drug-likeness (QED) is 0.799. The SMILES string of the molecule is CCCCN1CCCC[C@@H]1c1ccc(Nc2ccccc2)nc1. The Morgan fingerprint density at radius 3 is 2.74 bits per heavy atom. The third-order valence-corrected chi connectivity index (χ3v) is 4.63. The summed E-state index contributed by atoms with van der Waals surface area (Å²) in [5, 5.41) is 3.35. The first-order valence-corrected chi connectivity index (χ1v) is 8.89. The molecular formula is C20H27N3. The van der Waals surface area contributed by atoms with E-state index in [2.05, 4.69) is 52.6 Å². The molecule has 0 spiro atoms. The molecule has 1 aromatic carbocycles. The van der Waals surface area contributed by atoms with E-state index in [1.807, 2.05) is 18.2 Å². The summed E-state index contributed by atoms with van der Waals surface area (Å²) in [4.78, 5) is 7.27. The Balaban J connectivity index is 1.67. The Morgan fingerprint density at radius 2 is 2.00 bits per heavy atom. The minimum absolute atomic E-state index is 0.550. The molecule has 1 aliphatic heterocycles. The molecular weight excluding hydrogens is 282 g/mol. The number of rotatable bonds is 6. The number of nitrogens with one attached hydrogen (secondary N) is 1. The molecule has 23 heavy (non-hydrogen) atoms. The fourth-order valence-corrected chi connectivity index (χ4v) is 3.34. The first kappa shape index (κ1) is 16.0. The lowest BCUT2D eigenvalue weighted by atomic mass is 9.96. The average molecular weight is 309 g/mol. The van der Waals surface area contributed by atoms with Gasteiger partial charge in [-0.05, 0) is 56.1 Å². The smallest absolute Gasteiger partial charge is 0.130 e. The molecule has 3 nitrogen and oxygen atoms in total. The topological polar surface area (TPSA) is 28.2 Å². The van der Waals surface area contributed by atoms with Crippen molar-refractivity contribution in [3.63, 3.8) is 0 Å². The number of para-hydroxylation sites is 1. The highest BCUT2D eigenvalue weighted by Crippen LogP contribution is 2.31. The number of benzene rings is 1. The van der Waals surface area contributed by atoms with Crippen LogP contribution in [0.2, 0.25) is 0 Å². The minimum atomic E-state index is 0.550. The van der Waals surface area contributed by atoms with Crippen molar-refractivity contribution in [2.75, 3.05) is 18.4 Å². The summed E-state index contributed by atoms with van der Waals surface area (Å²) in [7, 11) is 0. The van der Waals surface area contributed by atoms with Gasteiger partial charge in [0.1, 0.15) is 5.82 Å². The van der Waals surface area contributed by atoms with Crippen molar-refractivity contribution >= 4 is 11.5 Å². The van der Waals surface area contributed by atoms with Gasteiger partial charge in [0.05, 0.1) is 0 Å². The Hall–Kier alpha value is -1.87.